The zero-order valence-electron chi connectivity index (χ0n) is 24.5. The topological polar surface area (TPSA) is 65.0 Å². The van der Waals surface area contributed by atoms with E-state index in [0.717, 1.165) is 38.9 Å². The van der Waals surface area contributed by atoms with Gasteiger partial charge in [0.05, 0.1) is 0 Å². The van der Waals surface area contributed by atoms with Gasteiger partial charge in [0.25, 0.3) is 0 Å². The average Bonchev–Trinajstić information content (AvgIpc) is 3.61. The summed E-state index contributed by atoms with van der Waals surface area (Å²) in [7, 11) is -3.68. The lowest BCUT2D eigenvalue weighted by atomic mass is 9.69. The maximum atomic E-state index is 13.0. The molecule has 0 aromatic heterocycles. The largest absolute Gasteiger partial charge is 0.647 e. The van der Waals surface area contributed by atoms with E-state index in [1.54, 1.807) is 12.1 Å². The molecule has 0 fully saturated rings. The van der Waals surface area contributed by atoms with Crippen LogP contribution in [0.2, 0.25) is 0 Å². The van der Waals surface area contributed by atoms with Gasteiger partial charge >= 0.3 is 7.82 Å². The highest BCUT2D eigenvalue weighted by Crippen LogP contribution is 2.71. The van der Waals surface area contributed by atoms with Crippen molar-refractivity contribution in [3.8, 4) is 56.4 Å². The van der Waals surface area contributed by atoms with E-state index in [4.69, 9.17) is 13.6 Å². The van der Waals surface area contributed by atoms with Crippen LogP contribution in [0.1, 0.15) is 23.6 Å². The third-order valence-corrected chi connectivity index (χ3v) is 10.0. The molecule has 6 heteroatoms. The molecule has 2 atom stereocenters. The molecule has 6 aromatic rings. The predicted octanol–water partition coefficient (Wildman–Crippen LogP) is 10.2. The smallest absolute Gasteiger partial charge is 0.508 e. The van der Waals surface area contributed by atoms with Gasteiger partial charge < -0.3 is 18.7 Å². The molecule has 0 saturated heterocycles. The van der Waals surface area contributed by atoms with Crippen molar-refractivity contribution >= 4 is 7.82 Å². The number of hydrogen-bond donors (Lipinski definition) is 1. The molecule has 0 aliphatic carbocycles. The molecule has 6 aromatic carbocycles. The number of rotatable bonds is 7. The van der Waals surface area contributed by atoms with Crippen LogP contribution in [0.15, 0.2) is 140 Å². The van der Waals surface area contributed by atoms with Crippen molar-refractivity contribution in [1.29, 1.82) is 0 Å². The first-order chi connectivity index (χ1) is 21.9. The number of hydrogen-bond acceptors (Lipinski definition) is 5. The lowest BCUT2D eigenvalue weighted by molar-refractivity contribution is 0.354. The molecule has 2 unspecified atom stereocenters. The molecule has 0 saturated carbocycles. The van der Waals surface area contributed by atoms with Crippen molar-refractivity contribution in [2.24, 2.45) is 0 Å². The second-order valence-electron chi connectivity index (χ2n) is 11.7. The Morgan fingerprint density at radius 1 is 0.622 bits per heavy atom. The number of fused-ring (bicyclic) bond motifs is 1. The van der Waals surface area contributed by atoms with E-state index in [1.165, 1.54) is 11.1 Å². The van der Waals surface area contributed by atoms with E-state index in [1.807, 2.05) is 54.6 Å². The van der Waals surface area contributed by atoms with Crippen LogP contribution in [0, 0.1) is 0 Å². The van der Waals surface area contributed by atoms with Gasteiger partial charge in [0.2, 0.25) is 5.75 Å². The van der Waals surface area contributed by atoms with E-state index >= 15 is 0 Å². The van der Waals surface area contributed by atoms with Crippen LogP contribution in [0.4, 0.5) is 0 Å². The summed E-state index contributed by atoms with van der Waals surface area (Å²) in [6.45, 7) is 2.28. The molecule has 2 aliphatic heterocycles. The van der Waals surface area contributed by atoms with Gasteiger partial charge in [-0.25, -0.2) is 0 Å². The van der Waals surface area contributed by atoms with E-state index in [-0.39, 0.29) is 5.75 Å². The highest BCUT2D eigenvalue weighted by atomic mass is 31.2. The summed E-state index contributed by atoms with van der Waals surface area (Å²) in [6, 6.07) is 47.0. The predicted molar refractivity (Wildman–Crippen MR) is 177 cm³/mol. The third-order valence-electron chi connectivity index (χ3n) is 8.81. The van der Waals surface area contributed by atoms with Crippen LogP contribution >= 0.6 is 7.82 Å². The van der Waals surface area contributed by atoms with Crippen molar-refractivity contribution in [1.82, 2.24) is 0 Å². The fraction of sp³-hybridized carbons (Fsp3) is 0.0769. The van der Waals surface area contributed by atoms with Crippen molar-refractivity contribution in [3.05, 3.63) is 156 Å². The Hall–Kier alpha value is -5.25. The number of aromatic hydroxyl groups is 1. The summed E-state index contributed by atoms with van der Waals surface area (Å²) < 4.78 is 29.9. The van der Waals surface area contributed by atoms with Gasteiger partial charge in [0.15, 0.2) is 11.5 Å². The van der Waals surface area contributed by atoms with Crippen LogP contribution in [-0.4, -0.2) is 5.11 Å². The molecule has 0 radical (unpaired) electrons. The molecule has 2 aliphatic rings. The fourth-order valence-electron chi connectivity index (χ4n) is 6.60. The molecular formula is C39H29O5P. The van der Waals surface area contributed by atoms with Gasteiger partial charge in [-0.05, 0) is 69.1 Å². The number of phosphoric ester groups is 1. The average molecular weight is 609 g/mol. The van der Waals surface area contributed by atoms with E-state index < -0.39 is 13.2 Å². The number of phosphoric acid groups is 1. The molecular weight excluding hydrogens is 579 g/mol. The monoisotopic (exact) mass is 608 g/mol. The molecule has 0 amide bonds. The Morgan fingerprint density at radius 2 is 1.22 bits per heavy atom. The molecule has 2 heterocycles. The van der Waals surface area contributed by atoms with Gasteiger partial charge in [0, 0.05) is 11.0 Å². The first kappa shape index (κ1) is 27.3. The highest BCUT2D eigenvalue weighted by Gasteiger charge is 2.52. The fourth-order valence-corrected chi connectivity index (χ4v) is 7.89. The Labute approximate surface area is 261 Å². The van der Waals surface area contributed by atoms with Crippen molar-refractivity contribution in [3.63, 3.8) is 0 Å². The zero-order chi connectivity index (χ0) is 30.6. The number of benzene rings is 6. The second kappa shape index (κ2) is 10.4. The minimum atomic E-state index is -3.68. The minimum absolute atomic E-state index is 0.247. The normalized spacial score (nSPS) is 17.2. The van der Waals surface area contributed by atoms with Crippen molar-refractivity contribution in [2.45, 2.75) is 18.8 Å². The van der Waals surface area contributed by atoms with E-state index in [9.17, 15) is 9.67 Å². The minimum Gasteiger partial charge on any atom is -0.508 e. The first-order valence-corrected chi connectivity index (χ1v) is 16.4. The lowest BCUT2D eigenvalue weighted by Crippen LogP contribution is -2.27. The third kappa shape index (κ3) is 4.68. The second-order valence-corrected chi connectivity index (χ2v) is 13.1. The molecule has 1 N–H and O–H groups in total. The summed E-state index contributed by atoms with van der Waals surface area (Å²) in [5.74, 6) is 1.54. The van der Waals surface area contributed by atoms with Gasteiger partial charge in [-0.15, -0.1) is 0 Å². The van der Waals surface area contributed by atoms with Crippen LogP contribution < -0.4 is 13.6 Å². The Kier molecular flexibility index (Phi) is 6.33. The summed E-state index contributed by atoms with van der Waals surface area (Å²) in [5.41, 5.74) is 9.00. The summed E-state index contributed by atoms with van der Waals surface area (Å²) in [5, 5.41) is 9.98. The quantitative estimate of drug-likeness (QED) is 0.183. The standard InChI is InChI=1S/C39H29O5P/c1-39(25-26-16-22-31(40)23-17-26,34-15-9-8-14-32(34)27-10-4-2-5-11-27)30-20-18-29(19-21-30)36-33(28-12-6-3-7-13-28)24-35-37-38(36)44-45(41,42-35)43-37/h2-24,40H,25H2,1H3. The van der Waals surface area contributed by atoms with Crippen LogP contribution in [0.25, 0.3) is 33.4 Å². The van der Waals surface area contributed by atoms with Crippen LogP contribution in [-0.2, 0) is 16.4 Å². The van der Waals surface area contributed by atoms with E-state index in [0.29, 0.717) is 23.7 Å². The molecule has 8 rings (SSSR count). The summed E-state index contributed by atoms with van der Waals surface area (Å²) in [4.78, 5) is 0. The first-order valence-electron chi connectivity index (χ1n) is 14.9. The maximum Gasteiger partial charge on any atom is 0.647 e. The van der Waals surface area contributed by atoms with E-state index in [2.05, 4.69) is 79.7 Å². The van der Waals surface area contributed by atoms with Gasteiger partial charge in [-0.2, -0.15) is 4.57 Å². The van der Waals surface area contributed by atoms with Crippen LogP contribution in [0.3, 0.4) is 0 Å². The lowest BCUT2D eigenvalue weighted by Gasteiger charge is -2.34. The maximum absolute atomic E-state index is 13.0. The molecule has 2 bridgehead atoms. The number of phenolic OH excluding ortho intramolecular Hbond substituents is 1. The summed E-state index contributed by atoms with van der Waals surface area (Å²) >= 11 is 0. The molecule has 0 spiro atoms. The van der Waals surface area contributed by atoms with Crippen molar-refractivity contribution in [2.75, 3.05) is 0 Å². The molecule has 45 heavy (non-hydrogen) atoms. The van der Waals surface area contributed by atoms with Gasteiger partial charge in [-0.1, -0.05) is 128 Å². The zero-order valence-corrected chi connectivity index (χ0v) is 25.4. The van der Waals surface area contributed by atoms with Crippen molar-refractivity contribution < 1.29 is 23.2 Å². The summed E-state index contributed by atoms with van der Waals surface area (Å²) in [6.07, 6.45) is 0.716. The molecule has 5 nitrogen and oxygen atoms in total. The SMILES string of the molecule is CC(Cc1ccc(O)cc1)(c1ccc(-c2c(-c3ccccc3)cc3c4c2OP(=O)(O3)O4)cc1)c1ccccc1-c1ccccc1. The highest BCUT2D eigenvalue weighted by molar-refractivity contribution is 7.50. The number of phenols is 1. The Bertz CT molecular complexity index is 2090. The van der Waals surface area contributed by atoms with Crippen LogP contribution in [0.5, 0.6) is 23.0 Å². The van der Waals surface area contributed by atoms with Gasteiger partial charge in [0.1, 0.15) is 5.75 Å². The Morgan fingerprint density at radius 3 is 1.89 bits per heavy atom. The Balaban J connectivity index is 1.28. The van der Waals surface area contributed by atoms with Gasteiger partial charge in [-0.3, -0.25) is 0 Å². The molecule has 220 valence electrons.